The zero-order valence-electron chi connectivity index (χ0n) is 11.2. The third-order valence-corrected chi connectivity index (χ3v) is 2.66. The number of aromatic nitrogens is 2. The second-order valence-corrected chi connectivity index (χ2v) is 5.58. The molecule has 0 unspecified atom stereocenters. The number of halogens is 1. The maximum absolute atomic E-state index is 12.1. The lowest BCUT2D eigenvalue weighted by molar-refractivity contribution is -0.111. The highest BCUT2D eigenvalue weighted by molar-refractivity contribution is 6.63. The van der Waals surface area contributed by atoms with Crippen molar-refractivity contribution in [1.82, 2.24) is 9.78 Å². The molecule has 0 atom stereocenters. The Kier molecular flexibility index (Phi) is 5.08. The van der Waals surface area contributed by atoms with Crippen LogP contribution in [0.2, 0.25) is 0 Å². The monoisotopic (exact) mass is 270 g/mol. The van der Waals surface area contributed by atoms with E-state index in [0.717, 1.165) is 5.69 Å². The summed E-state index contributed by atoms with van der Waals surface area (Å²) in [5.74, 6) is 0.519. The van der Waals surface area contributed by atoms with Gasteiger partial charge in [-0.25, -0.2) is 4.68 Å². The molecule has 1 rings (SSSR count). The third-order valence-electron chi connectivity index (χ3n) is 2.53. The molecule has 0 aromatic carbocycles. The Balaban J connectivity index is 3.28. The summed E-state index contributed by atoms with van der Waals surface area (Å²) in [6, 6.07) is 1.68. The lowest BCUT2D eigenvalue weighted by atomic mass is 10.1. The number of nitrogens with zero attached hydrogens (tertiary/aromatic N) is 2. The average molecular weight is 271 g/mol. The summed E-state index contributed by atoms with van der Waals surface area (Å²) in [5.41, 5.74) is 1.01. The molecule has 1 aromatic rings. The summed E-state index contributed by atoms with van der Waals surface area (Å²) < 4.78 is 1.44. The van der Waals surface area contributed by atoms with Crippen molar-refractivity contribution < 1.29 is 4.79 Å². The maximum Gasteiger partial charge on any atom is 0.270 e. The van der Waals surface area contributed by atoms with E-state index in [-0.39, 0.29) is 17.9 Å². The predicted molar refractivity (Wildman–Crippen MR) is 72.0 cm³/mol. The molecule has 1 aromatic heterocycles. The normalized spacial score (nSPS) is 11.3. The fourth-order valence-electron chi connectivity index (χ4n) is 1.65. The van der Waals surface area contributed by atoms with Crippen molar-refractivity contribution in [2.24, 2.45) is 5.92 Å². The quantitative estimate of drug-likeness (QED) is 0.772. The van der Waals surface area contributed by atoms with Crippen LogP contribution in [0.4, 0.5) is 0 Å². The van der Waals surface area contributed by atoms with Crippen LogP contribution in [0.1, 0.15) is 44.9 Å². The van der Waals surface area contributed by atoms with Gasteiger partial charge in [-0.05, 0) is 29.5 Å². The Bertz CT molecular complexity index is 492. The molecule has 0 radical (unpaired) electrons. The molecule has 0 spiro atoms. The standard InChI is InChI=1S/C13H19ClN2O2/c1-8(2)7-16-13(18)10(6-12(14)17)5-11(15-16)9(3)4/h5,8-9H,6-7H2,1-4H3. The van der Waals surface area contributed by atoms with Gasteiger partial charge in [0.2, 0.25) is 5.24 Å². The van der Waals surface area contributed by atoms with Gasteiger partial charge < -0.3 is 0 Å². The first-order valence-corrected chi connectivity index (χ1v) is 6.48. The van der Waals surface area contributed by atoms with Gasteiger partial charge in [0.25, 0.3) is 5.56 Å². The van der Waals surface area contributed by atoms with Gasteiger partial charge in [-0.1, -0.05) is 27.7 Å². The average Bonchev–Trinajstić information content (AvgIpc) is 2.22. The van der Waals surface area contributed by atoms with Crippen LogP contribution in [0.5, 0.6) is 0 Å². The molecule has 1 heterocycles. The summed E-state index contributed by atoms with van der Waals surface area (Å²) in [6.45, 7) is 8.57. The van der Waals surface area contributed by atoms with Gasteiger partial charge in [0.05, 0.1) is 12.1 Å². The minimum absolute atomic E-state index is 0.0409. The van der Waals surface area contributed by atoms with Crippen molar-refractivity contribution in [3.63, 3.8) is 0 Å². The maximum atomic E-state index is 12.1. The van der Waals surface area contributed by atoms with E-state index in [9.17, 15) is 9.59 Å². The minimum atomic E-state index is -0.524. The summed E-state index contributed by atoms with van der Waals surface area (Å²) >= 11 is 5.37. The lowest BCUT2D eigenvalue weighted by Crippen LogP contribution is -2.30. The van der Waals surface area contributed by atoms with E-state index in [0.29, 0.717) is 18.0 Å². The van der Waals surface area contributed by atoms with Crippen molar-refractivity contribution >= 4 is 16.8 Å². The molecule has 0 saturated heterocycles. The fraction of sp³-hybridized carbons (Fsp3) is 0.615. The van der Waals surface area contributed by atoms with Crippen LogP contribution in [-0.2, 0) is 17.8 Å². The lowest BCUT2D eigenvalue weighted by Gasteiger charge is -2.13. The smallest absolute Gasteiger partial charge is 0.270 e. The van der Waals surface area contributed by atoms with Crippen LogP contribution in [-0.4, -0.2) is 15.0 Å². The summed E-state index contributed by atoms with van der Waals surface area (Å²) in [5, 5.41) is 3.81. The number of hydrogen-bond acceptors (Lipinski definition) is 3. The highest BCUT2D eigenvalue weighted by atomic mass is 35.5. The highest BCUT2D eigenvalue weighted by Crippen LogP contribution is 2.12. The molecule has 0 aliphatic carbocycles. The molecule has 0 saturated carbocycles. The summed E-state index contributed by atoms with van der Waals surface area (Å²) in [4.78, 5) is 23.1. The van der Waals surface area contributed by atoms with Crippen LogP contribution in [0, 0.1) is 5.92 Å². The van der Waals surface area contributed by atoms with Crippen molar-refractivity contribution in [2.45, 2.75) is 46.6 Å². The largest absolute Gasteiger partial charge is 0.281 e. The van der Waals surface area contributed by atoms with Crippen molar-refractivity contribution in [3.8, 4) is 0 Å². The second-order valence-electron chi connectivity index (χ2n) is 5.16. The number of hydrogen-bond donors (Lipinski definition) is 0. The molecule has 0 aliphatic rings. The fourth-order valence-corrected chi connectivity index (χ4v) is 1.79. The molecule has 0 amide bonds. The van der Waals surface area contributed by atoms with Crippen LogP contribution in [0.25, 0.3) is 0 Å². The van der Waals surface area contributed by atoms with Crippen molar-refractivity contribution in [3.05, 3.63) is 27.7 Å². The summed E-state index contributed by atoms with van der Waals surface area (Å²) in [6.07, 6.45) is -0.0409. The van der Waals surface area contributed by atoms with E-state index in [1.54, 1.807) is 6.07 Å². The zero-order chi connectivity index (χ0) is 13.9. The van der Waals surface area contributed by atoms with Gasteiger partial charge >= 0.3 is 0 Å². The molecular weight excluding hydrogens is 252 g/mol. The molecule has 18 heavy (non-hydrogen) atoms. The first kappa shape index (κ1) is 14.9. The first-order valence-electron chi connectivity index (χ1n) is 6.10. The van der Waals surface area contributed by atoms with Gasteiger partial charge in [-0.15, -0.1) is 0 Å². The van der Waals surface area contributed by atoms with Crippen molar-refractivity contribution in [2.75, 3.05) is 0 Å². The van der Waals surface area contributed by atoms with E-state index in [1.165, 1.54) is 4.68 Å². The molecular formula is C13H19ClN2O2. The van der Waals surface area contributed by atoms with Gasteiger partial charge in [-0.2, -0.15) is 5.10 Å². The van der Waals surface area contributed by atoms with E-state index in [1.807, 2.05) is 27.7 Å². The molecule has 0 bridgehead atoms. The molecule has 4 nitrogen and oxygen atoms in total. The van der Waals surface area contributed by atoms with Crippen LogP contribution < -0.4 is 5.56 Å². The predicted octanol–water partition coefficient (Wildman–Crippen LogP) is 2.33. The van der Waals surface area contributed by atoms with Crippen LogP contribution in [0.3, 0.4) is 0 Å². The van der Waals surface area contributed by atoms with Crippen LogP contribution >= 0.6 is 11.6 Å². The van der Waals surface area contributed by atoms with Gasteiger partial charge in [0.1, 0.15) is 0 Å². The molecule has 100 valence electrons. The van der Waals surface area contributed by atoms with E-state index < -0.39 is 5.24 Å². The van der Waals surface area contributed by atoms with E-state index in [4.69, 9.17) is 11.6 Å². The summed E-state index contributed by atoms with van der Waals surface area (Å²) in [7, 11) is 0. The third kappa shape index (κ3) is 3.95. The second kappa shape index (κ2) is 6.14. The molecule has 5 heteroatoms. The van der Waals surface area contributed by atoms with Crippen LogP contribution in [0.15, 0.2) is 10.9 Å². The first-order chi connectivity index (χ1) is 8.31. The minimum Gasteiger partial charge on any atom is -0.281 e. The SMILES string of the molecule is CC(C)Cn1nc(C(C)C)cc(CC(=O)Cl)c1=O. The Morgan fingerprint density at radius 3 is 2.44 bits per heavy atom. The van der Waals surface area contributed by atoms with Gasteiger partial charge in [0, 0.05) is 12.1 Å². The number of rotatable bonds is 5. The Hall–Kier alpha value is -1.16. The Labute approximate surface area is 112 Å². The topological polar surface area (TPSA) is 52.0 Å². The number of carbonyl (C=O) groups excluding carboxylic acids is 1. The van der Waals surface area contributed by atoms with E-state index >= 15 is 0 Å². The molecule has 0 fully saturated rings. The van der Waals surface area contributed by atoms with Crippen molar-refractivity contribution in [1.29, 1.82) is 0 Å². The molecule has 0 aliphatic heterocycles. The Morgan fingerprint density at radius 1 is 1.39 bits per heavy atom. The Morgan fingerprint density at radius 2 is 2.00 bits per heavy atom. The zero-order valence-corrected chi connectivity index (χ0v) is 12.0. The highest BCUT2D eigenvalue weighted by Gasteiger charge is 2.13. The number of carbonyl (C=O) groups is 1. The van der Waals surface area contributed by atoms with Gasteiger partial charge in [0.15, 0.2) is 0 Å². The van der Waals surface area contributed by atoms with Gasteiger partial charge in [-0.3, -0.25) is 9.59 Å². The van der Waals surface area contributed by atoms with E-state index in [2.05, 4.69) is 5.10 Å². The molecule has 0 N–H and O–H groups in total.